The van der Waals surface area contributed by atoms with E-state index < -0.39 is 0 Å². The summed E-state index contributed by atoms with van der Waals surface area (Å²) in [5, 5.41) is 8.95. The van der Waals surface area contributed by atoms with Gasteiger partial charge in [0.2, 0.25) is 0 Å². The average molecular weight is 112 g/mol. The molecular formula is C6H8O2. The predicted molar refractivity (Wildman–Crippen MR) is 29.8 cm³/mol. The fourth-order valence-corrected chi connectivity index (χ4v) is 0.566. The Bertz CT molecular complexity index is 169. The van der Waals surface area contributed by atoms with E-state index in [2.05, 4.69) is 0 Å². The number of hydrogen-bond acceptors (Lipinski definition) is 2. The van der Waals surface area contributed by atoms with Gasteiger partial charge in [-0.3, -0.25) is 0 Å². The molecule has 1 N–H and O–H groups in total. The van der Waals surface area contributed by atoms with E-state index in [1.165, 1.54) is 6.26 Å². The second kappa shape index (κ2) is 1.54. The van der Waals surface area contributed by atoms with E-state index in [1.54, 1.807) is 13.8 Å². The highest BCUT2D eigenvalue weighted by Gasteiger charge is 2.01. The Morgan fingerprint density at radius 1 is 1.50 bits per heavy atom. The van der Waals surface area contributed by atoms with E-state index in [1.807, 2.05) is 0 Å². The summed E-state index contributed by atoms with van der Waals surface area (Å²) in [4.78, 5) is 0. The van der Waals surface area contributed by atoms with E-state index in [0.29, 0.717) is 5.76 Å². The fourth-order valence-electron chi connectivity index (χ4n) is 0.566. The first-order chi connectivity index (χ1) is 3.72. The van der Waals surface area contributed by atoms with Crippen LogP contribution in [-0.4, -0.2) is 5.11 Å². The Labute approximate surface area is 47.7 Å². The summed E-state index contributed by atoms with van der Waals surface area (Å²) in [6, 6.07) is 0. The average Bonchev–Trinajstić information content (AvgIpc) is 1.98. The van der Waals surface area contributed by atoms with Crippen molar-refractivity contribution in [2.24, 2.45) is 0 Å². The molecule has 0 atom stereocenters. The lowest BCUT2D eigenvalue weighted by atomic mass is 10.3. The molecule has 44 valence electrons. The third-order valence-electron chi connectivity index (χ3n) is 1.12. The van der Waals surface area contributed by atoms with Crippen LogP contribution in [0.5, 0.6) is 5.75 Å². The molecule has 0 aromatic carbocycles. The van der Waals surface area contributed by atoms with Gasteiger partial charge in [0.05, 0.1) is 6.26 Å². The molecule has 0 radical (unpaired) electrons. The van der Waals surface area contributed by atoms with Gasteiger partial charge in [-0.15, -0.1) is 0 Å². The van der Waals surface area contributed by atoms with Crippen LogP contribution in [0.15, 0.2) is 10.7 Å². The molecular weight excluding hydrogens is 104 g/mol. The lowest BCUT2D eigenvalue weighted by Gasteiger charge is -1.83. The summed E-state index contributed by atoms with van der Waals surface area (Å²) in [6.45, 7) is 3.52. The quantitative estimate of drug-likeness (QED) is 0.553. The lowest BCUT2D eigenvalue weighted by Crippen LogP contribution is -1.63. The normalized spacial score (nSPS) is 9.75. The molecule has 1 aromatic heterocycles. The number of hydrogen-bond donors (Lipinski definition) is 1. The first kappa shape index (κ1) is 5.22. The van der Waals surface area contributed by atoms with Crippen LogP contribution in [0.3, 0.4) is 0 Å². The molecule has 0 fully saturated rings. The number of furan rings is 1. The molecule has 0 bridgehead atoms. The molecule has 0 unspecified atom stereocenters. The Kier molecular flexibility index (Phi) is 1.01. The first-order valence-electron chi connectivity index (χ1n) is 2.45. The van der Waals surface area contributed by atoms with Crippen LogP contribution in [0.2, 0.25) is 0 Å². The maximum atomic E-state index is 8.95. The molecule has 0 saturated heterocycles. The van der Waals surface area contributed by atoms with Gasteiger partial charge >= 0.3 is 0 Å². The highest BCUT2D eigenvalue weighted by molar-refractivity contribution is 5.30. The van der Waals surface area contributed by atoms with Crippen LogP contribution in [0.4, 0.5) is 0 Å². The molecule has 1 heterocycles. The highest BCUT2D eigenvalue weighted by atomic mass is 16.4. The van der Waals surface area contributed by atoms with Gasteiger partial charge in [0, 0.05) is 5.56 Å². The first-order valence-corrected chi connectivity index (χ1v) is 2.45. The van der Waals surface area contributed by atoms with E-state index in [9.17, 15) is 0 Å². The third kappa shape index (κ3) is 0.579. The van der Waals surface area contributed by atoms with Crippen LogP contribution >= 0.6 is 0 Å². The summed E-state index contributed by atoms with van der Waals surface area (Å²) >= 11 is 0. The molecule has 1 rings (SSSR count). The summed E-state index contributed by atoms with van der Waals surface area (Å²) in [5.41, 5.74) is 0.794. The summed E-state index contributed by atoms with van der Waals surface area (Å²) in [7, 11) is 0. The molecule has 0 aliphatic heterocycles. The second-order valence-electron chi connectivity index (χ2n) is 1.82. The van der Waals surface area contributed by atoms with Gasteiger partial charge in [0.15, 0.2) is 5.75 Å². The van der Waals surface area contributed by atoms with Gasteiger partial charge in [-0.2, -0.15) is 0 Å². The summed E-state index contributed by atoms with van der Waals surface area (Å²) in [5.74, 6) is 0.854. The molecule has 2 heteroatoms. The van der Waals surface area contributed by atoms with Crippen molar-refractivity contribution in [2.45, 2.75) is 13.8 Å². The van der Waals surface area contributed by atoms with Crippen LogP contribution in [0, 0.1) is 13.8 Å². The molecule has 0 amide bonds. The van der Waals surface area contributed by atoms with E-state index in [4.69, 9.17) is 9.52 Å². The zero-order valence-corrected chi connectivity index (χ0v) is 4.93. The van der Waals surface area contributed by atoms with Crippen molar-refractivity contribution >= 4 is 0 Å². The topological polar surface area (TPSA) is 33.4 Å². The molecule has 2 nitrogen and oxygen atoms in total. The van der Waals surface area contributed by atoms with Gasteiger partial charge in [0.1, 0.15) is 5.76 Å². The minimum atomic E-state index is 0.269. The molecule has 8 heavy (non-hydrogen) atoms. The van der Waals surface area contributed by atoms with Gasteiger partial charge in [0.25, 0.3) is 0 Å². The zero-order chi connectivity index (χ0) is 6.15. The van der Waals surface area contributed by atoms with Crippen LogP contribution in [0.1, 0.15) is 11.3 Å². The summed E-state index contributed by atoms with van der Waals surface area (Å²) < 4.78 is 4.84. The van der Waals surface area contributed by atoms with E-state index >= 15 is 0 Å². The Morgan fingerprint density at radius 3 is 2.25 bits per heavy atom. The number of aryl methyl sites for hydroxylation is 2. The monoisotopic (exact) mass is 112 g/mol. The van der Waals surface area contributed by atoms with Crippen molar-refractivity contribution in [1.29, 1.82) is 0 Å². The van der Waals surface area contributed by atoms with Crippen molar-refractivity contribution < 1.29 is 9.52 Å². The van der Waals surface area contributed by atoms with Crippen molar-refractivity contribution in [3.63, 3.8) is 0 Å². The van der Waals surface area contributed by atoms with Crippen LogP contribution in [0.25, 0.3) is 0 Å². The maximum Gasteiger partial charge on any atom is 0.159 e. The van der Waals surface area contributed by atoms with Crippen molar-refractivity contribution in [1.82, 2.24) is 0 Å². The van der Waals surface area contributed by atoms with Crippen LogP contribution < -0.4 is 0 Å². The number of aromatic hydroxyl groups is 1. The minimum absolute atomic E-state index is 0.269. The molecule has 0 saturated carbocycles. The molecule has 0 spiro atoms. The smallest absolute Gasteiger partial charge is 0.159 e. The van der Waals surface area contributed by atoms with Crippen LogP contribution in [-0.2, 0) is 0 Å². The van der Waals surface area contributed by atoms with Gasteiger partial charge in [-0.1, -0.05) is 0 Å². The number of rotatable bonds is 0. The largest absolute Gasteiger partial charge is 0.504 e. The highest BCUT2D eigenvalue weighted by Crippen LogP contribution is 2.21. The molecule has 1 aromatic rings. The third-order valence-corrected chi connectivity index (χ3v) is 1.12. The molecule has 0 aliphatic carbocycles. The van der Waals surface area contributed by atoms with Crippen molar-refractivity contribution in [2.75, 3.05) is 0 Å². The Hall–Kier alpha value is -0.920. The Balaban J connectivity index is 3.19. The standard InChI is InChI=1S/C6H8O2/c1-4-3-8-5(2)6(4)7/h3,7H,1-2H3. The van der Waals surface area contributed by atoms with Crippen molar-refractivity contribution in [3.8, 4) is 5.75 Å². The summed E-state index contributed by atoms with van der Waals surface area (Å²) in [6.07, 6.45) is 1.53. The fraction of sp³-hybridized carbons (Fsp3) is 0.333. The van der Waals surface area contributed by atoms with Gasteiger partial charge < -0.3 is 9.52 Å². The lowest BCUT2D eigenvalue weighted by molar-refractivity contribution is 0.442. The minimum Gasteiger partial charge on any atom is -0.504 e. The van der Waals surface area contributed by atoms with E-state index in [0.717, 1.165) is 5.56 Å². The van der Waals surface area contributed by atoms with Gasteiger partial charge in [-0.25, -0.2) is 0 Å². The second-order valence-corrected chi connectivity index (χ2v) is 1.82. The maximum absolute atomic E-state index is 8.95. The molecule has 0 aliphatic rings. The predicted octanol–water partition coefficient (Wildman–Crippen LogP) is 1.60. The Morgan fingerprint density at radius 2 is 2.12 bits per heavy atom. The van der Waals surface area contributed by atoms with Crippen molar-refractivity contribution in [3.05, 3.63) is 17.6 Å². The van der Waals surface area contributed by atoms with Gasteiger partial charge in [-0.05, 0) is 13.8 Å². The zero-order valence-electron chi connectivity index (χ0n) is 4.93. The van der Waals surface area contributed by atoms with E-state index in [-0.39, 0.29) is 5.75 Å². The SMILES string of the molecule is Cc1coc(C)c1O.